The lowest BCUT2D eigenvalue weighted by molar-refractivity contribution is -0.125. The zero-order valence-corrected chi connectivity index (χ0v) is 17.2. The molecule has 0 saturated heterocycles. The number of carbonyl (C=O) groups is 4. The Hall–Kier alpha value is -2.70. The van der Waals surface area contributed by atoms with E-state index in [-0.39, 0.29) is 47.5 Å². The molecule has 3 amide bonds. The first kappa shape index (κ1) is 20.6. The third-order valence-electron chi connectivity index (χ3n) is 6.40. The zero-order chi connectivity index (χ0) is 21.1. The number of hydrogen-bond acceptors (Lipinski definition) is 5. The molecular weight excluding hydrogens is 384 g/mol. The zero-order valence-electron chi connectivity index (χ0n) is 17.2. The van der Waals surface area contributed by atoms with Crippen LogP contribution in [0, 0.1) is 0 Å². The summed E-state index contributed by atoms with van der Waals surface area (Å²) in [7, 11) is 0. The number of rotatable bonds is 5. The maximum absolute atomic E-state index is 12.9. The number of amides is 3. The Morgan fingerprint density at radius 3 is 2.23 bits per heavy atom. The molecule has 4 rings (SSSR count). The molecule has 160 valence electrons. The number of imide groups is 1. The fourth-order valence-corrected chi connectivity index (χ4v) is 4.79. The van der Waals surface area contributed by atoms with Gasteiger partial charge in [0.15, 0.2) is 6.61 Å². The van der Waals surface area contributed by atoms with Crippen LogP contribution in [0.15, 0.2) is 18.2 Å². The molecular formula is C23H28N2O5. The molecule has 0 spiro atoms. The highest BCUT2D eigenvalue weighted by molar-refractivity contribution is 6.22. The number of ether oxygens (including phenoxy) is 1. The van der Waals surface area contributed by atoms with Gasteiger partial charge in [0.1, 0.15) is 0 Å². The van der Waals surface area contributed by atoms with Gasteiger partial charge >= 0.3 is 5.97 Å². The molecule has 7 heteroatoms. The van der Waals surface area contributed by atoms with Crippen molar-refractivity contribution in [3.05, 3.63) is 34.9 Å². The second-order valence-corrected chi connectivity index (χ2v) is 8.51. The van der Waals surface area contributed by atoms with Crippen LogP contribution >= 0.6 is 0 Å². The highest BCUT2D eigenvalue weighted by atomic mass is 16.5. The molecule has 0 aromatic heterocycles. The largest absolute Gasteiger partial charge is 0.452 e. The molecule has 30 heavy (non-hydrogen) atoms. The average Bonchev–Trinajstić information content (AvgIpc) is 3.03. The van der Waals surface area contributed by atoms with Crippen molar-refractivity contribution < 1.29 is 23.9 Å². The van der Waals surface area contributed by atoms with Gasteiger partial charge in [0.2, 0.25) is 0 Å². The van der Waals surface area contributed by atoms with Gasteiger partial charge in [-0.1, -0.05) is 38.5 Å². The van der Waals surface area contributed by atoms with Crippen LogP contribution < -0.4 is 5.32 Å². The minimum absolute atomic E-state index is 0.0648. The monoisotopic (exact) mass is 412 g/mol. The molecule has 2 fully saturated rings. The number of benzene rings is 1. The second-order valence-electron chi connectivity index (χ2n) is 8.51. The molecule has 3 aliphatic rings. The summed E-state index contributed by atoms with van der Waals surface area (Å²) in [5, 5.41) is 2.90. The van der Waals surface area contributed by atoms with E-state index in [4.69, 9.17) is 4.74 Å². The van der Waals surface area contributed by atoms with Gasteiger partial charge in [-0.2, -0.15) is 0 Å². The van der Waals surface area contributed by atoms with Gasteiger partial charge in [0, 0.05) is 12.1 Å². The highest BCUT2D eigenvalue weighted by Gasteiger charge is 2.40. The van der Waals surface area contributed by atoms with Gasteiger partial charge in [0.05, 0.1) is 16.7 Å². The number of fused-ring (bicyclic) bond motifs is 1. The first-order valence-electron chi connectivity index (χ1n) is 11.0. The third kappa shape index (κ3) is 4.25. The predicted molar refractivity (Wildman–Crippen MR) is 109 cm³/mol. The van der Waals surface area contributed by atoms with E-state index in [1.54, 1.807) is 0 Å². The Morgan fingerprint density at radius 2 is 1.53 bits per heavy atom. The highest BCUT2D eigenvalue weighted by Crippen LogP contribution is 2.31. The summed E-state index contributed by atoms with van der Waals surface area (Å²) >= 11 is 0. The van der Waals surface area contributed by atoms with Crippen LogP contribution in [0.2, 0.25) is 0 Å². The molecule has 0 unspecified atom stereocenters. The summed E-state index contributed by atoms with van der Waals surface area (Å²) < 4.78 is 5.14. The Morgan fingerprint density at radius 1 is 0.900 bits per heavy atom. The second kappa shape index (κ2) is 8.98. The molecule has 0 bridgehead atoms. The van der Waals surface area contributed by atoms with E-state index in [1.807, 2.05) is 0 Å². The number of esters is 1. The van der Waals surface area contributed by atoms with Crippen LogP contribution in [0.1, 0.15) is 95.3 Å². The van der Waals surface area contributed by atoms with Crippen molar-refractivity contribution in [1.82, 2.24) is 10.2 Å². The van der Waals surface area contributed by atoms with Gasteiger partial charge in [-0.25, -0.2) is 4.79 Å². The summed E-state index contributed by atoms with van der Waals surface area (Å²) in [6.45, 7) is -0.354. The standard InChI is InChI=1S/C23H28N2O5/c26-20(24-16-7-3-1-4-8-16)14-30-23(29)15-11-12-18-19(13-15)22(28)25(21(18)27)17-9-5-2-6-10-17/h11-13,16-17H,1-10,14H2,(H,24,26). The van der Waals surface area contributed by atoms with Crippen molar-refractivity contribution in [1.29, 1.82) is 0 Å². The molecule has 1 aromatic rings. The minimum Gasteiger partial charge on any atom is -0.452 e. The molecule has 0 atom stereocenters. The SMILES string of the molecule is O=C(COC(=O)c1ccc2c(c1)C(=O)N(C1CCCCC1)C2=O)NC1CCCCC1. The van der Waals surface area contributed by atoms with Gasteiger partial charge in [-0.3, -0.25) is 19.3 Å². The summed E-state index contributed by atoms with van der Waals surface area (Å²) in [5.74, 6) is -1.61. The number of hydrogen-bond donors (Lipinski definition) is 1. The molecule has 1 heterocycles. The first-order valence-corrected chi connectivity index (χ1v) is 11.0. The van der Waals surface area contributed by atoms with Crippen molar-refractivity contribution >= 4 is 23.7 Å². The van der Waals surface area contributed by atoms with E-state index in [0.29, 0.717) is 5.56 Å². The van der Waals surface area contributed by atoms with E-state index in [2.05, 4.69) is 5.32 Å². The summed E-state index contributed by atoms with van der Waals surface area (Å²) in [5.41, 5.74) is 0.745. The lowest BCUT2D eigenvalue weighted by Gasteiger charge is -2.29. The van der Waals surface area contributed by atoms with E-state index < -0.39 is 5.97 Å². The van der Waals surface area contributed by atoms with Crippen LogP contribution in [-0.2, 0) is 9.53 Å². The normalized spacial score (nSPS) is 20.2. The number of nitrogens with one attached hydrogen (secondary N) is 1. The van der Waals surface area contributed by atoms with Crippen LogP contribution in [0.4, 0.5) is 0 Å². The smallest absolute Gasteiger partial charge is 0.338 e. The van der Waals surface area contributed by atoms with E-state index in [0.717, 1.165) is 57.8 Å². The molecule has 1 aromatic carbocycles. The van der Waals surface area contributed by atoms with Crippen molar-refractivity contribution in [2.75, 3.05) is 6.61 Å². The fourth-order valence-electron chi connectivity index (χ4n) is 4.79. The summed E-state index contributed by atoms with van der Waals surface area (Å²) in [6, 6.07) is 4.50. The molecule has 2 aliphatic carbocycles. The fraction of sp³-hybridized carbons (Fsp3) is 0.565. The van der Waals surface area contributed by atoms with Crippen molar-refractivity contribution in [3.8, 4) is 0 Å². The quantitative estimate of drug-likeness (QED) is 0.592. The van der Waals surface area contributed by atoms with Crippen molar-refractivity contribution in [2.45, 2.75) is 76.3 Å². The average molecular weight is 412 g/mol. The van der Waals surface area contributed by atoms with Crippen molar-refractivity contribution in [3.63, 3.8) is 0 Å². The van der Waals surface area contributed by atoms with Gasteiger partial charge in [-0.15, -0.1) is 0 Å². The number of carbonyl (C=O) groups excluding carboxylic acids is 4. The molecule has 1 aliphatic heterocycles. The van der Waals surface area contributed by atoms with Crippen molar-refractivity contribution in [2.24, 2.45) is 0 Å². The van der Waals surface area contributed by atoms with Crippen LogP contribution in [0.25, 0.3) is 0 Å². The predicted octanol–water partition coefficient (Wildman–Crippen LogP) is 3.22. The number of nitrogens with zero attached hydrogens (tertiary/aromatic N) is 1. The molecule has 1 N–H and O–H groups in total. The molecule has 7 nitrogen and oxygen atoms in total. The maximum atomic E-state index is 12.9. The third-order valence-corrected chi connectivity index (χ3v) is 6.40. The van der Waals surface area contributed by atoms with E-state index >= 15 is 0 Å². The van der Waals surface area contributed by atoms with E-state index in [9.17, 15) is 19.2 Å². The Kier molecular flexibility index (Phi) is 6.16. The Balaban J connectivity index is 1.38. The topological polar surface area (TPSA) is 92.8 Å². The van der Waals surface area contributed by atoms with Crippen LogP contribution in [0.3, 0.4) is 0 Å². The lowest BCUT2D eigenvalue weighted by atomic mass is 9.94. The van der Waals surface area contributed by atoms with Gasteiger partial charge in [0.25, 0.3) is 17.7 Å². The Labute approximate surface area is 176 Å². The lowest BCUT2D eigenvalue weighted by Crippen LogP contribution is -2.40. The van der Waals surface area contributed by atoms with Gasteiger partial charge < -0.3 is 10.1 Å². The maximum Gasteiger partial charge on any atom is 0.338 e. The van der Waals surface area contributed by atoms with Crippen LogP contribution in [0.5, 0.6) is 0 Å². The molecule has 0 radical (unpaired) electrons. The minimum atomic E-state index is -0.673. The van der Waals surface area contributed by atoms with E-state index in [1.165, 1.54) is 29.5 Å². The summed E-state index contributed by atoms with van der Waals surface area (Å²) in [4.78, 5) is 51.4. The molecule has 2 saturated carbocycles. The first-order chi connectivity index (χ1) is 14.5. The Bertz CT molecular complexity index is 853. The van der Waals surface area contributed by atoms with Gasteiger partial charge in [-0.05, 0) is 43.9 Å². The van der Waals surface area contributed by atoms with Crippen LogP contribution in [-0.4, -0.2) is 47.3 Å². The summed E-state index contributed by atoms with van der Waals surface area (Å²) in [6.07, 6.45) is 10.1.